The van der Waals surface area contributed by atoms with Gasteiger partial charge in [-0.2, -0.15) is 0 Å². The van der Waals surface area contributed by atoms with Crippen molar-refractivity contribution in [1.82, 2.24) is 25.4 Å². The van der Waals surface area contributed by atoms with E-state index in [4.69, 9.17) is 0 Å². The monoisotopic (exact) mass is 559 g/mol. The molecular weight excluding hydrogens is 533 g/mol. The number of hydrogen-bond donors (Lipinski definition) is 2. The molecule has 1 aromatic heterocycles. The number of halogens is 2. The van der Waals surface area contributed by atoms with E-state index >= 15 is 0 Å². The lowest BCUT2D eigenvalue weighted by Crippen LogP contribution is -2.44. The highest BCUT2D eigenvalue weighted by Crippen LogP contribution is 2.22. The molecule has 0 radical (unpaired) electrons. The Morgan fingerprint density at radius 2 is 2.11 bits per heavy atom. The van der Waals surface area contributed by atoms with Crippen molar-refractivity contribution in [2.45, 2.75) is 25.9 Å². The Kier molecular flexibility index (Phi) is 8.74. The van der Waals surface area contributed by atoms with Crippen molar-refractivity contribution in [2.24, 2.45) is 12.0 Å². The first-order chi connectivity index (χ1) is 13.1. The molecule has 7 nitrogen and oxygen atoms in total. The zero-order valence-electron chi connectivity index (χ0n) is 16.2. The average molecular weight is 560 g/mol. The van der Waals surface area contributed by atoms with Gasteiger partial charge in [0.25, 0.3) is 0 Å². The van der Waals surface area contributed by atoms with Crippen LogP contribution in [0.5, 0.6) is 0 Å². The predicted octanol–water partition coefficient (Wildman–Crippen LogP) is 3.00. The molecule has 1 unspecified atom stereocenters. The maximum Gasteiger partial charge on any atom is 0.192 e. The van der Waals surface area contributed by atoms with Gasteiger partial charge in [-0.05, 0) is 37.6 Å². The molecule has 3 rings (SSSR count). The molecule has 1 aliphatic heterocycles. The zero-order chi connectivity index (χ0) is 19.2. The third-order valence-corrected chi connectivity index (χ3v) is 5.22. The summed E-state index contributed by atoms with van der Waals surface area (Å²) in [7, 11) is 1.96. The number of hydrogen-bond acceptors (Lipinski definition) is 4. The van der Waals surface area contributed by atoms with Gasteiger partial charge in [0.15, 0.2) is 11.8 Å². The Labute approximate surface area is 191 Å². The minimum Gasteiger partial charge on any atom is -0.369 e. The summed E-state index contributed by atoms with van der Waals surface area (Å²) in [5.74, 6) is 2.50. The van der Waals surface area contributed by atoms with Gasteiger partial charge in [-0.15, -0.1) is 40.8 Å². The molecule has 2 aromatic rings. The minimum absolute atomic E-state index is 0. The predicted molar refractivity (Wildman–Crippen MR) is 128 cm³/mol. The second-order valence-corrected chi connectivity index (χ2v) is 7.52. The van der Waals surface area contributed by atoms with Gasteiger partial charge in [0.2, 0.25) is 0 Å². The average Bonchev–Trinajstić information content (AvgIpc) is 3.26. The zero-order valence-corrected chi connectivity index (χ0v) is 20.1. The third kappa shape index (κ3) is 5.94. The topological polar surface area (TPSA) is 70.4 Å². The van der Waals surface area contributed by atoms with Crippen LogP contribution < -0.4 is 15.5 Å². The Balaban J connectivity index is 0.00000280. The number of rotatable bonds is 6. The van der Waals surface area contributed by atoms with E-state index in [1.165, 1.54) is 5.69 Å². The van der Waals surface area contributed by atoms with Crippen molar-refractivity contribution in [3.63, 3.8) is 0 Å². The highest BCUT2D eigenvalue weighted by atomic mass is 127. The molecule has 1 atom stereocenters. The Hall–Kier alpha value is -1.62. The van der Waals surface area contributed by atoms with Crippen molar-refractivity contribution < 1.29 is 0 Å². The molecule has 2 N–H and O–H groups in total. The largest absolute Gasteiger partial charge is 0.369 e. The quantitative estimate of drug-likeness (QED) is 0.246. The number of nitrogens with zero attached hydrogens (tertiary/aromatic N) is 5. The number of anilines is 1. The summed E-state index contributed by atoms with van der Waals surface area (Å²) in [6, 6.07) is 8.79. The summed E-state index contributed by atoms with van der Waals surface area (Å²) in [5, 5.41) is 15.1. The number of guanidine groups is 1. The third-order valence-electron chi connectivity index (χ3n) is 4.70. The van der Waals surface area contributed by atoms with Crippen LogP contribution in [0.3, 0.4) is 0 Å². The lowest BCUT2D eigenvalue weighted by Gasteiger charge is -2.20. The van der Waals surface area contributed by atoms with E-state index in [1.807, 2.05) is 24.6 Å². The van der Waals surface area contributed by atoms with Gasteiger partial charge in [0.1, 0.15) is 12.4 Å². The van der Waals surface area contributed by atoms with Crippen LogP contribution in [0.2, 0.25) is 0 Å². The molecule has 0 aliphatic carbocycles. The normalized spacial score (nSPS) is 16.6. The Bertz CT molecular complexity index is 803. The van der Waals surface area contributed by atoms with Gasteiger partial charge >= 0.3 is 0 Å². The number of nitrogens with one attached hydrogen (secondary N) is 2. The lowest BCUT2D eigenvalue weighted by molar-refractivity contribution is 0.649. The molecule has 152 valence electrons. The van der Waals surface area contributed by atoms with Gasteiger partial charge in [-0.25, -0.2) is 4.99 Å². The maximum absolute atomic E-state index is 4.68. The summed E-state index contributed by atoms with van der Waals surface area (Å²) >= 11 is 3.49. The Morgan fingerprint density at radius 1 is 1.36 bits per heavy atom. The van der Waals surface area contributed by atoms with Crippen molar-refractivity contribution in [1.29, 1.82) is 0 Å². The molecule has 0 saturated carbocycles. The van der Waals surface area contributed by atoms with Crippen LogP contribution in [0.4, 0.5) is 5.69 Å². The van der Waals surface area contributed by atoms with Gasteiger partial charge < -0.3 is 20.1 Å². The van der Waals surface area contributed by atoms with Crippen LogP contribution in [-0.2, 0) is 13.6 Å². The van der Waals surface area contributed by atoms with Crippen LogP contribution >= 0.6 is 39.9 Å². The van der Waals surface area contributed by atoms with Crippen molar-refractivity contribution in [3.05, 3.63) is 53.0 Å². The summed E-state index contributed by atoms with van der Waals surface area (Å²) in [4.78, 5) is 7.07. The van der Waals surface area contributed by atoms with Gasteiger partial charge in [0.05, 0.1) is 0 Å². The van der Waals surface area contributed by atoms with E-state index in [0.29, 0.717) is 19.1 Å². The van der Waals surface area contributed by atoms with Crippen LogP contribution in [0, 0.1) is 6.92 Å². The van der Waals surface area contributed by atoms with E-state index in [-0.39, 0.29) is 24.0 Å². The summed E-state index contributed by atoms with van der Waals surface area (Å²) in [5.41, 5.74) is 1.24. The fraction of sp³-hybridized carbons (Fsp3) is 0.421. The molecule has 2 heterocycles. The number of aliphatic imine (C=N–C) groups is 1. The van der Waals surface area contributed by atoms with Crippen molar-refractivity contribution in [2.75, 3.05) is 24.5 Å². The fourth-order valence-electron chi connectivity index (χ4n) is 3.02. The number of benzene rings is 1. The van der Waals surface area contributed by atoms with E-state index in [1.54, 1.807) is 0 Å². The molecule has 0 bridgehead atoms. The van der Waals surface area contributed by atoms with Crippen LogP contribution in [0.1, 0.15) is 18.1 Å². The molecule has 1 aliphatic rings. The van der Waals surface area contributed by atoms with Crippen LogP contribution in [0.15, 0.2) is 46.4 Å². The minimum atomic E-state index is 0. The summed E-state index contributed by atoms with van der Waals surface area (Å²) < 4.78 is 3.06. The van der Waals surface area contributed by atoms with Crippen molar-refractivity contribution >= 4 is 51.6 Å². The maximum atomic E-state index is 4.68. The molecule has 0 spiro atoms. The first kappa shape index (κ1) is 22.7. The highest BCUT2D eigenvalue weighted by Gasteiger charge is 2.23. The fourth-order valence-corrected chi connectivity index (χ4v) is 3.28. The highest BCUT2D eigenvalue weighted by molar-refractivity contribution is 14.0. The lowest BCUT2D eigenvalue weighted by atomic mass is 10.3. The molecule has 1 saturated heterocycles. The summed E-state index contributed by atoms with van der Waals surface area (Å²) in [6.07, 6.45) is 2.89. The first-order valence-corrected chi connectivity index (χ1v) is 9.87. The number of aromatic nitrogens is 3. The molecule has 28 heavy (non-hydrogen) atoms. The molecule has 9 heteroatoms. The van der Waals surface area contributed by atoms with Gasteiger partial charge in [-0.1, -0.05) is 22.0 Å². The van der Waals surface area contributed by atoms with Crippen molar-refractivity contribution in [3.8, 4) is 0 Å². The first-order valence-electron chi connectivity index (χ1n) is 9.08. The second kappa shape index (κ2) is 10.8. The van der Waals surface area contributed by atoms with E-state index in [0.717, 1.165) is 41.6 Å². The standard InChI is InChI=1S/C19H26BrN7.HI/c1-4-10-21-19(22-12-18-25-24-14(2)26(18)3)23-16-9-11-27(13-16)17-7-5-15(20)6-8-17;/h4-8,16H,1,9-13H2,2-3H3,(H2,21,22,23);1H. The molecule has 0 amide bonds. The summed E-state index contributed by atoms with van der Waals surface area (Å²) in [6.45, 7) is 8.82. The van der Waals surface area contributed by atoms with E-state index < -0.39 is 0 Å². The van der Waals surface area contributed by atoms with Crippen LogP contribution in [0.25, 0.3) is 0 Å². The van der Waals surface area contributed by atoms with Gasteiger partial charge in [-0.3, -0.25) is 0 Å². The molecule has 1 fully saturated rings. The smallest absolute Gasteiger partial charge is 0.192 e. The van der Waals surface area contributed by atoms with E-state index in [9.17, 15) is 0 Å². The Morgan fingerprint density at radius 3 is 2.75 bits per heavy atom. The molecule has 1 aromatic carbocycles. The molecular formula is C19H27BrIN7. The van der Waals surface area contributed by atoms with Gasteiger partial charge in [0, 0.05) is 42.9 Å². The van der Waals surface area contributed by atoms with Crippen LogP contribution in [-0.4, -0.2) is 46.4 Å². The SMILES string of the molecule is C=CCNC(=NCc1nnc(C)n1C)NC1CCN(c2ccc(Br)cc2)C1.I. The van der Waals surface area contributed by atoms with E-state index in [2.05, 4.69) is 77.5 Å². The second-order valence-electron chi connectivity index (χ2n) is 6.61. The number of aryl methyl sites for hydroxylation is 1.